The molecule has 0 radical (unpaired) electrons. The number of hydrogen-bond donors (Lipinski definition) is 2. The molecule has 2 amide bonds. The zero-order chi connectivity index (χ0) is 19.4. The number of nitrogens with zero attached hydrogens (tertiary/aromatic N) is 1. The van der Waals surface area contributed by atoms with Gasteiger partial charge in [0.05, 0.1) is 9.80 Å². The Bertz CT molecular complexity index is 1020. The summed E-state index contributed by atoms with van der Waals surface area (Å²) in [7, 11) is 0. The minimum absolute atomic E-state index is 0.148. The highest BCUT2D eigenvalue weighted by Crippen LogP contribution is 2.22. The average Bonchev–Trinajstić information content (AvgIpc) is 3.19. The maximum Gasteiger partial charge on any atom is 0.270 e. The minimum atomic E-state index is -0.550. The number of amides is 2. The van der Waals surface area contributed by atoms with Crippen molar-refractivity contribution >= 4 is 40.2 Å². The lowest BCUT2D eigenvalue weighted by molar-refractivity contribution is -0.384. The highest BCUT2D eigenvalue weighted by molar-refractivity contribution is 7.12. The highest BCUT2D eigenvalue weighted by Gasteiger charge is 2.13. The summed E-state index contributed by atoms with van der Waals surface area (Å²) >= 11 is 1.35. The molecule has 0 saturated heterocycles. The first-order valence-corrected chi connectivity index (χ1v) is 8.83. The van der Waals surface area contributed by atoms with E-state index in [9.17, 15) is 19.7 Å². The van der Waals surface area contributed by atoms with Crippen LogP contribution in [0.5, 0.6) is 0 Å². The first kappa shape index (κ1) is 18.3. The van der Waals surface area contributed by atoms with Crippen molar-refractivity contribution in [1.82, 2.24) is 0 Å². The van der Waals surface area contributed by atoms with E-state index < -0.39 is 10.8 Å². The number of nitrogens with one attached hydrogen (secondary N) is 2. The largest absolute Gasteiger partial charge is 0.322 e. The number of anilines is 2. The van der Waals surface area contributed by atoms with Gasteiger partial charge in [0.25, 0.3) is 17.5 Å². The first-order valence-electron chi connectivity index (χ1n) is 7.95. The topological polar surface area (TPSA) is 101 Å². The van der Waals surface area contributed by atoms with Crippen LogP contribution in [0.1, 0.15) is 25.6 Å². The van der Waals surface area contributed by atoms with Crippen molar-refractivity contribution in [2.45, 2.75) is 6.92 Å². The van der Waals surface area contributed by atoms with E-state index in [1.54, 1.807) is 30.3 Å². The third-order valence-corrected chi connectivity index (χ3v) is 4.67. The number of nitro benzene ring substituents is 1. The number of nitro groups is 1. The molecule has 136 valence electrons. The van der Waals surface area contributed by atoms with E-state index in [-0.39, 0.29) is 17.2 Å². The van der Waals surface area contributed by atoms with Crippen LogP contribution in [-0.4, -0.2) is 16.7 Å². The average molecular weight is 381 g/mol. The predicted octanol–water partition coefficient (Wildman–Crippen LogP) is 4.47. The summed E-state index contributed by atoms with van der Waals surface area (Å²) in [5, 5.41) is 18.2. The monoisotopic (exact) mass is 381 g/mol. The van der Waals surface area contributed by atoms with Crippen LogP contribution in [0.15, 0.2) is 60.0 Å². The van der Waals surface area contributed by atoms with Gasteiger partial charge in [0, 0.05) is 29.1 Å². The molecular formula is C19H15N3O4S. The van der Waals surface area contributed by atoms with Crippen LogP contribution in [0, 0.1) is 17.0 Å². The molecule has 0 unspecified atom stereocenters. The Balaban J connectivity index is 1.72. The summed E-state index contributed by atoms with van der Waals surface area (Å²) in [4.78, 5) is 35.3. The summed E-state index contributed by atoms with van der Waals surface area (Å²) in [5.74, 6) is -0.644. The highest BCUT2D eigenvalue weighted by atomic mass is 32.1. The molecule has 0 bridgehead atoms. The van der Waals surface area contributed by atoms with E-state index >= 15 is 0 Å². The summed E-state index contributed by atoms with van der Waals surface area (Å²) < 4.78 is 0. The minimum Gasteiger partial charge on any atom is -0.322 e. The Labute approximate surface area is 158 Å². The van der Waals surface area contributed by atoms with Crippen molar-refractivity contribution in [3.63, 3.8) is 0 Å². The van der Waals surface area contributed by atoms with Crippen LogP contribution in [0.4, 0.5) is 17.1 Å². The van der Waals surface area contributed by atoms with E-state index in [0.29, 0.717) is 16.3 Å². The van der Waals surface area contributed by atoms with Crippen LogP contribution in [0.3, 0.4) is 0 Å². The molecule has 1 heterocycles. The van der Waals surface area contributed by atoms with Crippen LogP contribution in [-0.2, 0) is 0 Å². The van der Waals surface area contributed by atoms with Gasteiger partial charge in [0.15, 0.2) is 0 Å². The standard InChI is InChI=1S/C19H15N3O4S/c1-12-10-14(7-8-16(12)21-19(24)17-6-3-9-27-17)20-18(23)13-4-2-5-15(11-13)22(25)26/h2-11H,1H3,(H,20,23)(H,21,24). The summed E-state index contributed by atoms with van der Waals surface area (Å²) in [6.45, 7) is 1.81. The molecule has 2 N–H and O–H groups in total. The van der Waals surface area contributed by atoms with Crippen molar-refractivity contribution < 1.29 is 14.5 Å². The maximum atomic E-state index is 12.3. The normalized spacial score (nSPS) is 10.3. The summed E-state index contributed by atoms with van der Waals surface area (Å²) in [5.41, 5.74) is 1.99. The molecule has 1 aromatic heterocycles. The molecule has 0 atom stereocenters. The fraction of sp³-hybridized carbons (Fsp3) is 0.0526. The molecule has 3 rings (SSSR count). The van der Waals surface area contributed by atoms with Crippen molar-refractivity contribution in [3.05, 3.63) is 86.1 Å². The van der Waals surface area contributed by atoms with Gasteiger partial charge in [-0.1, -0.05) is 12.1 Å². The van der Waals surface area contributed by atoms with Gasteiger partial charge in [-0.05, 0) is 48.2 Å². The van der Waals surface area contributed by atoms with Gasteiger partial charge in [0.1, 0.15) is 0 Å². The van der Waals surface area contributed by atoms with Gasteiger partial charge in [-0.2, -0.15) is 0 Å². The Kier molecular flexibility index (Phi) is 5.28. The van der Waals surface area contributed by atoms with Crippen LogP contribution in [0.25, 0.3) is 0 Å². The lowest BCUT2D eigenvalue weighted by Gasteiger charge is -2.11. The number of carbonyl (C=O) groups is 2. The number of thiophene rings is 1. The van der Waals surface area contributed by atoms with Gasteiger partial charge in [-0.25, -0.2) is 0 Å². The van der Waals surface area contributed by atoms with Gasteiger partial charge in [-0.3, -0.25) is 19.7 Å². The first-order chi connectivity index (χ1) is 12.9. The number of benzene rings is 2. The van der Waals surface area contributed by atoms with E-state index in [1.807, 2.05) is 12.3 Å². The Morgan fingerprint density at radius 1 is 1.00 bits per heavy atom. The Morgan fingerprint density at radius 2 is 1.81 bits per heavy atom. The van der Waals surface area contributed by atoms with E-state index in [4.69, 9.17) is 0 Å². The van der Waals surface area contributed by atoms with Crippen LogP contribution >= 0.6 is 11.3 Å². The third-order valence-electron chi connectivity index (χ3n) is 3.80. The fourth-order valence-electron chi connectivity index (χ4n) is 2.44. The lowest BCUT2D eigenvalue weighted by atomic mass is 10.1. The zero-order valence-corrected chi connectivity index (χ0v) is 15.1. The summed E-state index contributed by atoms with van der Waals surface area (Å²) in [6, 6.07) is 14.1. The molecule has 8 heteroatoms. The third kappa shape index (κ3) is 4.36. The van der Waals surface area contributed by atoms with E-state index in [0.717, 1.165) is 5.56 Å². The second-order valence-corrected chi connectivity index (χ2v) is 6.67. The predicted molar refractivity (Wildman–Crippen MR) is 105 cm³/mol. The summed E-state index contributed by atoms with van der Waals surface area (Å²) in [6.07, 6.45) is 0. The fourth-order valence-corrected chi connectivity index (χ4v) is 3.06. The number of hydrogen-bond acceptors (Lipinski definition) is 5. The molecule has 0 aliphatic heterocycles. The van der Waals surface area contributed by atoms with E-state index in [1.165, 1.54) is 35.6 Å². The van der Waals surface area contributed by atoms with Crippen molar-refractivity contribution in [1.29, 1.82) is 0 Å². The second-order valence-electron chi connectivity index (χ2n) is 5.72. The molecule has 0 fully saturated rings. The van der Waals surface area contributed by atoms with Gasteiger partial charge >= 0.3 is 0 Å². The quantitative estimate of drug-likeness (QED) is 0.503. The molecule has 0 aliphatic rings. The molecule has 2 aromatic carbocycles. The van der Waals surface area contributed by atoms with Gasteiger partial charge in [0.2, 0.25) is 0 Å². The number of rotatable bonds is 5. The molecule has 0 spiro atoms. The number of non-ortho nitro benzene ring substituents is 1. The smallest absolute Gasteiger partial charge is 0.270 e. The molecular weight excluding hydrogens is 366 g/mol. The van der Waals surface area contributed by atoms with Crippen molar-refractivity contribution in [3.8, 4) is 0 Å². The second kappa shape index (κ2) is 7.79. The molecule has 0 aliphatic carbocycles. The van der Waals surface area contributed by atoms with Gasteiger partial charge in [-0.15, -0.1) is 11.3 Å². The molecule has 7 nitrogen and oxygen atoms in total. The number of aryl methyl sites for hydroxylation is 1. The van der Waals surface area contributed by atoms with E-state index in [2.05, 4.69) is 10.6 Å². The van der Waals surface area contributed by atoms with Gasteiger partial charge < -0.3 is 10.6 Å². The van der Waals surface area contributed by atoms with Crippen LogP contribution in [0.2, 0.25) is 0 Å². The SMILES string of the molecule is Cc1cc(NC(=O)c2cccc([N+](=O)[O-])c2)ccc1NC(=O)c1cccs1. The van der Waals surface area contributed by atoms with Crippen molar-refractivity contribution in [2.75, 3.05) is 10.6 Å². The Hall–Kier alpha value is -3.52. The van der Waals surface area contributed by atoms with Crippen LogP contribution < -0.4 is 10.6 Å². The lowest BCUT2D eigenvalue weighted by Crippen LogP contribution is -2.13. The number of carbonyl (C=O) groups excluding carboxylic acids is 2. The molecule has 0 saturated carbocycles. The molecule has 27 heavy (non-hydrogen) atoms. The maximum absolute atomic E-state index is 12.3. The zero-order valence-electron chi connectivity index (χ0n) is 14.3. The van der Waals surface area contributed by atoms with Crippen molar-refractivity contribution in [2.24, 2.45) is 0 Å². The molecule has 3 aromatic rings. The Morgan fingerprint density at radius 3 is 2.48 bits per heavy atom.